The van der Waals surface area contributed by atoms with Crippen LogP contribution >= 0.6 is 11.3 Å². The summed E-state index contributed by atoms with van der Waals surface area (Å²) in [6, 6.07) is 18.4. The van der Waals surface area contributed by atoms with Crippen LogP contribution in [-0.4, -0.2) is 26.2 Å². The molecule has 0 aliphatic heterocycles. The molecule has 0 spiro atoms. The maximum Gasteiger partial charge on any atom is 0.295 e. The van der Waals surface area contributed by atoms with Crippen molar-refractivity contribution in [1.29, 1.82) is 0 Å². The Labute approximate surface area is 200 Å². The zero-order chi connectivity index (χ0) is 24.2. The number of carbonyl (C=O) groups excluding carboxylic acids is 2. The van der Waals surface area contributed by atoms with E-state index in [4.69, 9.17) is 0 Å². The van der Waals surface area contributed by atoms with Gasteiger partial charge in [-0.25, -0.2) is 9.67 Å². The molecule has 0 aliphatic rings. The van der Waals surface area contributed by atoms with E-state index in [0.717, 1.165) is 0 Å². The Balaban J connectivity index is 1.52. The monoisotopic (exact) mass is 473 g/mol. The lowest BCUT2D eigenvalue weighted by molar-refractivity contribution is -0.116. The minimum Gasteiger partial charge on any atom is -0.316 e. The summed E-state index contributed by atoms with van der Waals surface area (Å²) in [5, 5.41) is 4.95. The maximum atomic E-state index is 13.0. The highest BCUT2D eigenvalue weighted by atomic mass is 32.1. The van der Waals surface area contributed by atoms with E-state index in [9.17, 15) is 14.4 Å². The molecule has 0 radical (unpaired) electrons. The molecule has 2 aromatic carbocycles. The third-order valence-electron chi connectivity index (χ3n) is 5.24. The largest absolute Gasteiger partial charge is 0.316 e. The molecule has 2 heterocycles. The fourth-order valence-electron chi connectivity index (χ4n) is 3.50. The molecule has 2 aromatic heterocycles. The number of hydrogen-bond acceptors (Lipinski definition) is 5. The summed E-state index contributed by atoms with van der Waals surface area (Å²) in [5.41, 5.74) is 2.48. The van der Waals surface area contributed by atoms with Crippen LogP contribution in [0.3, 0.4) is 0 Å². The van der Waals surface area contributed by atoms with Crippen LogP contribution in [0.15, 0.2) is 76.9 Å². The van der Waals surface area contributed by atoms with Gasteiger partial charge < -0.3 is 5.32 Å². The lowest BCUT2D eigenvalue weighted by atomic mass is 10.3. The van der Waals surface area contributed by atoms with Gasteiger partial charge in [0, 0.05) is 25.4 Å². The van der Waals surface area contributed by atoms with Crippen LogP contribution in [0.2, 0.25) is 0 Å². The molecule has 0 unspecified atom stereocenters. The molecule has 8 nitrogen and oxygen atoms in total. The molecular weight excluding hydrogens is 450 g/mol. The summed E-state index contributed by atoms with van der Waals surface area (Å²) in [4.78, 5) is 43.7. The predicted octanol–water partition coefficient (Wildman–Crippen LogP) is 4.28. The number of thiazole rings is 1. The Bertz CT molecular complexity index is 1420. The number of nitrogens with zero attached hydrogens (tertiary/aromatic N) is 4. The zero-order valence-corrected chi connectivity index (χ0v) is 19.7. The van der Waals surface area contributed by atoms with Crippen LogP contribution in [-0.2, 0) is 16.6 Å². The summed E-state index contributed by atoms with van der Waals surface area (Å²) in [6.07, 6.45) is 2.87. The first-order chi connectivity index (χ1) is 16.4. The number of nitrogens with one attached hydrogen (secondary N) is 1. The van der Waals surface area contributed by atoms with Crippen molar-refractivity contribution in [3.05, 3.63) is 93.9 Å². The van der Waals surface area contributed by atoms with Gasteiger partial charge in [-0.3, -0.25) is 24.0 Å². The molecular formula is C25H23N5O3S. The molecule has 0 fully saturated rings. The molecule has 9 heteroatoms. The number of benzene rings is 2. The van der Waals surface area contributed by atoms with Gasteiger partial charge in [-0.1, -0.05) is 36.4 Å². The third-order valence-corrected chi connectivity index (χ3v) is 6.08. The van der Waals surface area contributed by atoms with Gasteiger partial charge in [0.15, 0.2) is 5.13 Å². The number of hydrogen-bond donors (Lipinski definition) is 1. The second kappa shape index (κ2) is 9.72. The van der Waals surface area contributed by atoms with Gasteiger partial charge in [0.2, 0.25) is 11.8 Å². The summed E-state index contributed by atoms with van der Waals surface area (Å²) >= 11 is 1.30. The zero-order valence-electron chi connectivity index (χ0n) is 18.9. The minimum atomic E-state index is -0.452. The van der Waals surface area contributed by atoms with E-state index in [-0.39, 0.29) is 17.2 Å². The summed E-state index contributed by atoms with van der Waals surface area (Å²) in [7, 11) is 1.76. The molecule has 1 N–H and O–H groups in total. The van der Waals surface area contributed by atoms with Crippen molar-refractivity contribution < 1.29 is 9.59 Å². The van der Waals surface area contributed by atoms with Gasteiger partial charge in [0.1, 0.15) is 5.69 Å². The normalized spacial score (nSPS) is 11.0. The summed E-state index contributed by atoms with van der Waals surface area (Å²) < 4.78 is 3.20. The van der Waals surface area contributed by atoms with Gasteiger partial charge >= 0.3 is 0 Å². The van der Waals surface area contributed by atoms with Crippen LogP contribution in [0.5, 0.6) is 0 Å². The quantitative estimate of drug-likeness (QED) is 0.424. The minimum absolute atomic E-state index is 0.164. The van der Waals surface area contributed by atoms with Crippen molar-refractivity contribution in [2.75, 3.05) is 10.2 Å². The smallest absolute Gasteiger partial charge is 0.295 e. The van der Waals surface area contributed by atoms with Crippen LogP contribution < -0.4 is 15.8 Å². The van der Waals surface area contributed by atoms with E-state index in [1.807, 2.05) is 60.7 Å². The molecule has 0 saturated heterocycles. The number of aromatic nitrogens is 3. The number of para-hydroxylation sites is 2. The summed E-state index contributed by atoms with van der Waals surface area (Å²) in [6.45, 7) is 3.24. The van der Waals surface area contributed by atoms with E-state index in [1.165, 1.54) is 33.9 Å². The highest BCUT2D eigenvalue weighted by Crippen LogP contribution is 2.29. The van der Waals surface area contributed by atoms with Gasteiger partial charge in [-0.15, -0.1) is 11.3 Å². The van der Waals surface area contributed by atoms with Gasteiger partial charge in [-0.05, 0) is 37.3 Å². The van der Waals surface area contributed by atoms with Gasteiger partial charge in [0.05, 0.1) is 22.8 Å². The van der Waals surface area contributed by atoms with Crippen LogP contribution in [0.1, 0.15) is 18.3 Å². The number of anilines is 3. The lowest BCUT2D eigenvalue weighted by Crippen LogP contribution is -2.22. The third kappa shape index (κ3) is 4.60. The van der Waals surface area contributed by atoms with E-state index in [0.29, 0.717) is 27.9 Å². The maximum absolute atomic E-state index is 13.0. The molecule has 0 aliphatic carbocycles. The van der Waals surface area contributed by atoms with Gasteiger partial charge in [-0.2, -0.15) is 0 Å². The van der Waals surface area contributed by atoms with Crippen molar-refractivity contribution in [3.63, 3.8) is 0 Å². The fourth-order valence-corrected chi connectivity index (χ4v) is 4.35. The first-order valence-electron chi connectivity index (χ1n) is 10.5. The molecule has 172 valence electrons. The Morgan fingerprint density at radius 2 is 1.71 bits per heavy atom. The van der Waals surface area contributed by atoms with E-state index >= 15 is 0 Å². The van der Waals surface area contributed by atoms with Gasteiger partial charge in [0.25, 0.3) is 5.56 Å². The lowest BCUT2D eigenvalue weighted by Gasteiger charge is -2.17. The highest BCUT2D eigenvalue weighted by Gasteiger charge is 2.18. The van der Waals surface area contributed by atoms with E-state index in [1.54, 1.807) is 30.1 Å². The highest BCUT2D eigenvalue weighted by molar-refractivity contribution is 7.14. The van der Waals surface area contributed by atoms with Crippen molar-refractivity contribution >= 4 is 45.7 Å². The van der Waals surface area contributed by atoms with Crippen LogP contribution in [0.25, 0.3) is 11.8 Å². The van der Waals surface area contributed by atoms with Crippen molar-refractivity contribution in [2.24, 2.45) is 7.05 Å². The fraction of sp³-hybridized carbons (Fsp3) is 0.120. The second-order valence-electron chi connectivity index (χ2n) is 7.50. The van der Waals surface area contributed by atoms with E-state index in [2.05, 4.69) is 10.3 Å². The molecule has 34 heavy (non-hydrogen) atoms. The first kappa shape index (κ1) is 22.9. The van der Waals surface area contributed by atoms with E-state index < -0.39 is 5.91 Å². The average molecular weight is 474 g/mol. The molecule has 0 saturated carbocycles. The van der Waals surface area contributed by atoms with Crippen molar-refractivity contribution in [3.8, 4) is 5.69 Å². The number of carbonyl (C=O) groups is 2. The Kier molecular flexibility index (Phi) is 6.55. The summed E-state index contributed by atoms with van der Waals surface area (Å²) in [5.74, 6) is -0.616. The molecule has 0 bridgehead atoms. The molecule has 2 amide bonds. The number of rotatable bonds is 6. The Morgan fingerprint density at radius 1 is 1.06 bits per heavy atom. The predicted molar refractivity (Wildman–Crippen MR) is 135 cm³/mol. The first-order valence-corrected chi connectivity index (χ1v) is 11.4. The molecule has 4 aromatic rings. The Morgan fingerprint density at radius 3 is 2.35 bits per heavy atom. The topological polar surface area (TPSA) is 89.2 Å². The molecule has 4 rings (SSSR count). The molecule has 0 atom stereocenters. The second-order valence-corrected chi connectivity index (χ2v) is 8.34. The standard InChI is InChI=1S/C25H23N5O3S/c1-17-23(24(33)30(28(17)3)21-12-8-5-9-13-21)27-22(32)15-14-19-16-34-25(26-19)29(18(2)31)20-10-6-4-7-11-20/h4-16H,1-3H3,(H,27,32)/b15-14+. The van der Waals surface area contributed by atoms with Crippen LogP contribution in [0, 0.1) is 6.92 Å². The number of amides is 2. The van der Waals surface area contributed by atoms with Crippen molar-refractivity contribution in [2.45, 2.75) is 13.8 Å². The van der Waals surface area contributed by atoms with Crippen molar-refractivity contribution in [1.82, 2.24) is 14.3 Å². The van der Waals surface area contributed by atoms with Crippen LogP contribution in [0.4, 0.5) is 16.5 Å². The average Bonchev–Trinajstić information content (AvgIpc) is 3.37. The Hall–Kier alpha value is -4.24. The SMILES string of the molecule is CC(=O)N(c1ccccc1)c1nc(/C=C/C(=O)Nc2c(C)n(C)n(-c3ccccc3)c2=O)cs1.